The number of esters is 1. The third kappa shape index (κ3) is 14.6. The molecule has 5 rings (SSSR count). The van der Waals surface area contributed by atoms with Gasteiger partial charge < -0.3 is 73.6 Å². The number of aromatic nitrogens is 1. The minimum Gasteiger partial charge on any atom is -0.477 e. The van der Waals surface area contributed by atoms with Crippen molar-refractivity contribution in [1.82, 2.24) is 14.8 Å². The largest absolute Gasteiger partial charge is 0.477 e. The molecule has 1 aromatic carbocycles. The number of carboxylic acids is 1. The molecule has 0 amide bonds. The first-order chi connectivity index (χ1) is 35.9. The molecule has 3 aliphatic heterocycles. The second-order valence-electron chi connectivity index (χ2n) is 22.6. The summed E-state index contributed by atoms with van der Waals surface area (Å²) in [7, 11) is 4.09. The Hall–Kier alpha value is -3.69. The number of benzene rings is 1. The minimum atomic E-state index is -4.20. The molecule has 6 N–H and O–H groups in total. The zero-order valence-corrected chi connectivity index (χ0v) is 48.4. The summed E-state index contributed by atoms with van der Waals surface area (Å²) < 4.78 is 79.9. The normalized spacial score (nSPS) is 37.7. The molecular weight excluding hydrogens is 1020 g/mol. The number of aliphatic hydroxyl groups excluding tert-OH is 2. The molecule has 0 saturated carbocycles. The lowest BCUT2D eigenvalue weighted by atomic mass is 9.73. The number of hydrogen-bond acceptors (Lipinski definition) is 20. The van der Waals surface area contributed by atoms with E-state index in [1.165, 1.54) is 27.3 Å². The van der Waals surface area contributed by atoms with Crippen LogP contribution in [0.15, 0.2) is 34.3 Å². The van der Waals surface area contributed by atoms with Crippen molar-refractivity contribution in [3.05, 3.63) is 45.7 Å². The maximum absolute atomic E-state index is 14.6. The van der Waals surface area contributed by atoms with Crippen LogP contribution in [0, 0.1) is 23.7 Å². The van der Waals surface area contributed by atoms with Gasteiger partial charge in [-0.2, -0.15) is 8.42 Å². The summed E-state index contributed by atoms with van der Waals surface area (Å²) >= 11 is 0. The molecule has 2 aromatic rings. The van der Waals surface area contributed by atoms with Gasteiger partial charge in [-0.1, -0.05) is 38.9 Å². The third-order valence-electron chi connectivity index (χ3n) is 16.5. The van der Waals surface area contributed by atoms with Gasteiger partial charge >= 0.3 is 11.9 Å². The summed E-state index contributed by atoms with van der Waals surface area (Å²) in [6.07, 6.45) is -7.93. The molecule has 77 heavy (non-hydrogen) atoms. The van der Waals surface area contributed by atoms with Crippen LogP contribution < -0.4 is 10.7 Å². The number of oxime groups is 1. The van der Waals surface area contributed by atoms with E-state index >= 15 is 0 Å². The lowest BCUT2D eigenvalue weighted by Crippen LogP contribution is -2.62. The van der Waals surface area contributed by atoms with Crippen LogP contribution in [0.5, 0.6) is 0 Å². The number of pyridine rings is 1. The van der Waals surface area contributed by atoms with Gasteiger partial charge in [-0.25, -0.2) is 4.79 Å². The van der Waals surface area contributed by atoms with E-state index in [1.807, 2.05) is 32.0 Å². The number of hydrogen-bond donors (Lipinski definition) is 6. The second-order valence-corrected chi connectivity index (χ2v) is 24.3. The van der Waals surface area contributed by atoms with Gasteiger partial charge in [0.1, 0.15) is 29.5 Å². The van der Waals surface area contributed by atoms with E-state index < -0.39 is 129 Å². The first kappa shape index (κ1) is 64.1. The molecule has 1 aromatic heterocycles. The van der Waals surface area contributed by atoms with Gasteiger partial charge in [0.05, 0.1) is 64.6 Å². The Kier molecular flexibility index (Phi) is 21.9. The van der Waals surface area contributed by atoms with Gasteiger partial charge in [0.25, 0.3) is 10.1 Å². The van der Waals surface area contributed by atoms with Crippen LogP contribution in [-0.2, 0) is 65.7 Å². The Balaban J connectivity index is 1.39. The Bertz CT molecular complexity index is 2530. The third-order valence-corrected chi connectivity index (χ3v) is 17.7. The Morgan fingerprint density at radius 3 is 2.19 bits per heavy atom. The molecule has 23 heteroatoms. The number of aliphatic hydroxyl groups is 3. The highest BCUT2D eigenvalue weighted by molar-refractivity contribution is 7.86. The molecule has 4 heterocycles. The Morgan fingerprint density at radius 1 is 0.948 bits per heavy atom. The smallest absolute Gasteiger partial charge is 0.341 e. The monoisotopic (exact) mass is 1110 g/mol. The highest BCUT2D eigenvalue weighted by atomic mass is 32.2. The number of rotatable bonds is 18. The van der Waals surface area contributed by atoms with E-state index in [2.05, 4.69) is 10.5 Å². The van der Waals surface area contributed by atoms with Crippen LogP contribution in [0.4, 0.5) is 0 Å². The molecule has 0 aliphatic carbocycles. The van der Waals surface area contributed by atoms with Crippen LogP contribution in [0.1, 0.15) is 117 Å². The lowest BCUT2D eigenvalue weighted by molar-refractivity contribution is -0.317. The van der Waals surface area contributed by atoms with Crippen molar-refractivity contribution in [3.8, 4) is 0 Å². The number of carboxylic acid groups (broad SMARTS) is 1. The average molecular weight is 1110 g/mol. The van der Waals surface area contributed by atoms with E-state index in [9.17, 15) is 48.4 Å². The molecule has 3 fully saturated rings. The van der Waals surface area contributed by atoms with E-state index in [1.54, 1.807) is 79.1 Å². The van der Waals surface area contributed by atoms with Crippen molar-refractivity contribution in [2.75, 3.05) is 47.2 Å². The number of carbonyl (C=O) groups excluding carboxylic acids is 1. The fourth-order valence-corrected chi connectivity index (χ4v) is 12.9. The molecule has 3 saturated heterocycles. The first-order valence-corrected chi connectivity index (χ1v) is 28.3. The number of nitrogens with zero attached hydrogens (tertiary/aromatic N) is 3. The number of carbonyl (C=O) groups is 2. The lowest BCUT2D eigenvalue weighted by Gasteiger charge is -2.50. The van der Waals surface area contributed by atoms with E-state index in [0.29, 0.717) is 36.7 Å². The van der Waals surface area contributed by atoms with Crippen molar-refractivity contribution in [2.24, 2.45) is 35.9 Å². The molecule has 0 bridgehead atoms. The quantitative estimate of drug-likeness (QED) is 0.0406. The van der Waals surface area contributed by atoms with Crippen molar-refractivity contribution >= 4 is 38.7 Å². The molecular formula is C54H88N4O18S. The summed E-state index contributed by atoms with van der Waals surface area (Å²) in [4.78, 5) is 41.0. The number of aromatic carboxylic acids is 1. The molecule has 0 unspecified atom stereocenters. The minimum absolute atomic E-state index is 0.0496. The predicted octanol–water partition coefficient (Wildman–Crippen LogP) is 3.83. The molecule has 0 spiro atoms. The van der Waals surface area contributed by atoms with E-state index in [-0.39, 0.29) is 49.2 Å². The zero-order chi connectivity index (χ0) is 57.7. The van der Waals surface area contributed by atoms with Crippen molar-refractivity contribution in [2.45, 2.75) is 192 Å². The topological polar surface area (TPSA) is 293 Å². The number of cyclic esters (lactones) is 1. The highest BCUT2D eigenvalue weighted by Gasteiger charge is 2.55. The van der Waals surface area contributed by atoms with Crippen molar-refractivity contribution in [3.63, 3.8) is 0 Å². The van der Waals surface area contributed by atoms with Crippen LogP contribution >= 0.6 is 0 Å². The maximum atomic E-state index is 14.6. The summed E-state index contributed by atoms with van der Waals surface area (Å²) in [5, 5.41) is 62.6. The fourth-order valence-electron chi connectivity index (χ4n) is 11.7. The Morgan fingerprint density at radius 2 is 1.60 bits per heavy atom. The molecule has 438 valence electrons. The zero-order valence-electron chi connectivity index (χ0n) is 47.6. The Labute approximate surface area is 453 Å². The molecule has 18 atom stereocenters. The van der Waals surface area contributed by atoms with E-state index in [0.717, 1.165) is 5.56 Å². The number of ether oxygens (including phenoxy) is 7. The standard InChI is InChI=1S/C54H88N4O18S/c1-16-40-54(10,65)46(61)31(4)42(56-66)29(2)26-52(8,69-14)47(75-51-44(60)39(57(11)12)24-30(3)71-51)32(5)45(33(6)50(64)73-40)74-41-27-53(9,70-15)48(34(7)72-41)76-77(67,68)23-22-55-21-17-18-35-19-20-38-36(25-35)43(59)37(49(62)63)28-58(38)13/h19-20,25,28-34,39-41,44-48,51,55,60-61,65-66H,16-18,21-24,26-27H2,1-15H3,(H,62,63)/b56-42+/t29-,30-,31+,32+,33-,34+,39+,40-,41+,44-,45+,46-,47-,48+,51+,52-,53-,54-/m1/s1. The van der Waals surface area contributed by atoms with E-state index in [4.69, 9.17) is 37.3 Å². The summed E-state index contributed by atoms with van der Waals surface area (Å²) in [5.41, 5.74) is -4.01. The summed E-state index contributed by atoms with van der Waals surface area (Å²) in [5.74, 6) is -6.02. The van der Waals surface area contributed by atoms with Gasteiger partial charge in [-0.3, -0.25) is 13.8 Å². The highest BCUT2D eigenvalue weighted by Crippen LogP contribution is 2.43. The van der Waals surface area contributed by atoms with Crippen molar-refractivity contribution < 1.29 is 81.0 Å². The van der Waals surface area contributed by atoms with Crippen LogP contribution in [0.2, 0.25) is 0 Å². The van der Waals surface area contributed by atoms with Crippen molar-refractivity contribution in [1.29, 1.82) is 0 Å². The van der Waals surface area contributed by atoms with Gasteiger partial charge in [0, 0.05) is 69.6 Å². The van der Waals surface area contributed by atoms with Crippen LogP contribution in [0.25, 0.3) is 10.9 Å². The van der Waals surface area contributed by atoms with Gasteiger partial charge in [0.15, 0.2) is 12.6 Å². The predicted molar refractivity (Wildman–Crippen MR) is 285 cm³/mol. The van der Waals surface area contributed by atoms with Crippen LogP contribution in [0.3, 0.4) is 0 Å². The molecule has 0 radical (unpaired) electrons. The molecule has 22 nitrogen and oxygen atoms in total. The maximum Gasteiger partial charge on any atom is 0.341 e. The number of aryl methyl sites for hydroxylation is 2. The number of methoxy groups -OCH3 is 2. The first-order valence-electron chi connectivity index (χ1n) is 26.8. The average Bonchev–Trinajstić information content (AvgIpc) is 3.37. The molecule has 3 aliphatic rings. The number of nitrogens with one attached hydrogen (secondary N) is 1. The second kappa shape index (κ2) is 26.3. The van der Waals surface area contributed by atoms with Crippen LogP contribution in [-0.4, -0.2) is 193 Å². The fraction of sp³-hybridized carbons (Fsp3) is 0.778. The summed E-state index contributed by atoms with van der Waals surface area (Å²) in [6.45, 7) is 17.3. The number of fused-ring (bicyclic) bond motifs is 1. The van der Waals surface area contributed by atoms with Gasteiger partial charge in [-0.05, 0) is 112 Å². The summed E-state index contributed by atoms with van der Waals surface area (Å²) in [6, 6.07) is 4.97. The SMILES string of the molecule is CC[C@H]1OC(=O)[C@H](C)[C@@H](O[C@H]2C[C@@](C)(OC)[C@@H](OS(=O)(=O)CCNCCCc3ccc4c(c3)c(=O)c(C(=O)O)cn4C)[C@H](C)O2)[C@H](C)[C@@H](O[C@@H]2O[C@H](C)C[C@H](N(C)C)[C@H]2O)[C@](C)(OC)C[C@@H](C)/C(=N\O)[C@H](C)[C@@H](O)[C@]1(C)O. The van der Waals surface area contributed by atoms with Gasteiger partial charge in [0.2, 0.25) is 5.43 Å². The number of likely N-dealkylation sites (N-methyl/N-ethyl adjacent to an activating group) is 1. The van der Waals surface area contributed by atoms with Gasteiger partial charge in [-0.15, -0.1) is 0 Å².